The summed E-state index contributed by atoms with van der Waals surface area (Å²) in [6.45, 7) is 1.31. The number of amides is 1. The Morgan fingerprint density at radius 2 is 1.69 bits per heavy atom. The Morgan fingerprint density at radius 3 is 2.31 bits per heavy atom. The van der Waals surface area contributed by atoms with E-state index < -0.39 is 49.9 Å². The summed E-state index contributed by atoms with van der Waals surface area (Å²) in [5.74, 6) is -2.68. The molecule has 7 nitrogen and oxygen atoms in total. The van der Waals surface area contributed by atoms with Crippen molar-refractivity contribution in [1.29, 1.82) is 0 Å². The average molecular weight is 532 g/mol. The molecule has 3 rings (SSSR count). The van der Waals surface area contributed by atoms with Gasteiger partial charge in [-0.15, -0.1) is 5.10 Å². The van der Waals surface area contributed by atoms with Gasteiger partial charge in [0.05, 0.1) is 25.7 Å². The van der Waals surface area contributed by atoms with E-state index in [2.05, 4.69) is 10.3 Å². The van der Waals surface area contributed by atoms with Gasteiger partial charge in [-0.25, -0.2) is 22.2 Å². The van der Waals surface area contributed by atoms with Gasteiger partial charge in [0.15, 0.2) is 11.4 Å². The molecule has 0 aliphatic carbocycles. The molecule has 3 aromatic rings. The Hall–Kier alpha value is -2.41. The molecule has 0 spiro atoms. The van der Waals surface area contributed by atoms with Crippen molar-refractivity contribution in [3.05, 3.63) is 68.2 Å². The molecule has 0 saturated carbocycles. The molecule has 0 saturated heterocycles. The van der Waals surface area contributed by atoms with Gasteiger partial charge in [-0.3, -0.25) is 4.79 Å². The maximum Gasteiger partial charge on any atom is 0.435 e. The third kappa shape index (κ3) is 4.68. The van der Waals surface area contributed by atoms with Crippen molar-refractivity contribution in [2.45, 2.75) is 18.0 Å². The molecule has 2 aromatic carbocycles. The summed E-state index contributed by atoms with van der Waals surface area (Å²) in [5.41, 5.74) is -3.45. The minimum Gasteiger partial charge on any atom is -0.266 e. The summed E-state index contributed by atoms with van der Waals surface area (Å²) in [6, 6.07) is 4.73. The number of carbonyl (C=O) groups excluding carboxylic acids is 1. The Balaban J connectivity index is 2.10. The van der Waals surface area contributed by atoms with E-state index in [1.165, 1.54) is 11.6 Å². The first-order valence-electron chi connectivity index (χ1n) is 8.23. The molecule has 0 atom stereocenters. The lowest BCUT2D eigenvalue weighted by molar-refractivity contribution is -0.143. The highest BCUT2D eigenvalue weighted by Gasteiger charge is 2.43. The molecule has 1 aromatic heterocycles. The van der Waals surface area contributed by atoms with Crippen molar-refractivity contribution < 1.29 is 30.8 Å². The normalized spacial score (nSPS) is 12.1. The molecule has 0 bridgehead atoms. The van der Waals surface area contributed by atoms with Gasteiger partial charge in [0.1, 0.15) is 5.82 Å². The molecule has 0 radical (unpaired) electrons. The van der Waals surface area contributed by atoms with Gasteiger partial charge in [-0.2, -0.15) is 13.2 Å². The van der Waals surface area contributed by atoms with E-state index in [9.17, 15) is 30.8 Å². The first-order valence-corrected chi connectivity index (χ1v) is 10.8. The summed E-state index contributed by atoms with van der Waals surface area (Å²) < 4.78 is 81.4. The van der Waals surface area contributed by atoms with Crippen LogP contribution in [0.15, 0.2) is 35.2 Å². The minimum absolute atomic E-state index is 0.0500. The number of halogens is 7. The number of aryl methyl sites for hydroxylation is 1. The molecule has 1 N–H and O–H groups in total. The molecule has 0 unspecified atom stereocenters. The monoisotopic (exact) mass is 530 g/mol. The van der Waals surface area contributed by atoms with Crippen LogP contribution in [0, 0.1) is 12.7 Å². The Labute approximate surface area is 192 Å². The van der Waals surface area contributed by atoms with Crippen LogP contribution < -0.4 is 4.72 Å². The Bertz CT molecular complexity index is 1340. The lowest BCUT2D eigenvalue weighted by atomic mass is 10.2. The topological polar surface area (TPSA) is 93.9 Å². The van der Waals surface area contributed by atoms with E-state index in [-0.39, 0.29) is 25.3 Å². The molecule has 0 aliphatic heterocycles. The zero-order valence-electron chi connectivity index (χ0n) is 15.5. The van der Waals surface area contributed by atoms with Crippen LogP contribution in [0.1, 0.15) is 21.7 Å². The quantitative estimate of drug-likeness (QED) is 0.385. The van der Waals surface area contributed by atoms with E-state index in [0.29, 0.717) is 6.07 Å². The number of alkyl halides is 3. The van der Waals surface area contributed by atoms with Gasteiger partial charge in [0.2, 0.25) is 0 Å². The zero-order valence-corrected chi connectivity index (χ0v) is 18.6. The highest BCUT2D eigenvalue weighted by atomic mass is 35.5. The molecule has 170 valence electrons. The van der Waals surface area contributed by atoms with Crippen molar-refractivity contribution in [2.75, 3.05) is 0 Å². The largest absolute Gasteiger partial charge is 0.435 e. The maximum absolute atomic E-state index is 13.8. The van der Waals surface area contributed by atoms with Gasteiger partial charge in [-0.05, 0) is 36.8 Å². The van der Waals surface area contributed by atoms with Crippen molar-refractivity contribution in [3.63, 3.8) is 0 Å². The summed E-state index contributed by atoms with van der Waals surface area (Å²) >= 11 is 17.5. The predicted molar refractivity (Wildman–Crippen MR) is 107 cm³/mol. The van der Waals surface area contributed by atoms with Gasteiger partial charge in [0.25, 0.3) is 15.9 Å². The van der Waals surface area contributed by atoms with E-state index in [1.807, 2.05) is 0 Å². The molecule has 0 fully saturated rings. The van der Waals surface area contributed by atoms with Gasteiger partial charge in [-0.1, -0.05) is 46.1 Å². The number of carbonyl (C=O) groups is 1. The number of aromatic nitrogens is 3. The average Bonchev–Trinajstić information content (AvgIpc) is 3.11. The summed E-state index contributed by atoms with van der Waals surface area (Å²) in [6.07, 6.45) is -5.22. The van der Waals surface area contributed by atoms with Crippen LogP contribution in [-0.4, -0.2) is 29.3 Å². The Kier molecular flexibility index (Phi) is 6.44. The molecule has 1 heterocycles. The number of nitrogens with one attached hydrogen (secondary N) is 1. The second kappa shape index (κ2) is 8.50. The van der Waals surface area contributed by atoms with Crippen LogP contribution in [0.2, 0.25) is 15.1 Å². The van der Waals surface area contributed by atoms with Crippen LogP contribution in [0.3, 0.4) is 0 Å². The SMILES string of the molecule is Cc1ccc(F)cc1S(=O)(=O)NC(=O)c1nnn(-c2cc(Cl)c(Cl)cc2Cl)c1C(F)(F)F. The fourth-order valence-electron chi connectivity index (χ4n) is 2.62. The maximum atomic E-state index is 13.8. The zero-order chi connectivity index (χ0) is 24.0. The first-order chi connectivity index (χ1) is 14.7. The third-order valence-corrected chi connectivity index (χ3v) is 6.54. The lowest BCUT2D eigenvalue weighted by Gasteiger charge is -2.13. The fraction of sp³-hybridized carbons (Fsp3) is 0.118. The molecule has 32 heavy (non-hydrogen) atoms. The number of nitrogens with zero attached hydrogens (tertiary/aromatic N) is 3. The highest BCUT2D eigenvalue weighted by Crippen LogP contribution is 2.37. The van der Waals surface area contributed by atoms with Crippen molar-refractivity contribution >= 4 is 50.7 Å². The van der Waals surface area contributed by atoms with Crippen molar-refractivity contribution in [1.82, 2.24) is 19.7 Å². The number of hydrogen-bond acceptors (Lipinski definition) is 5. The molecule has 15 heteroatoms. The van der Waals surface area contributed by atoms with Gasteiger partial charge < -0.3 is 0 Å². The number of rotatable bonds is 4. The van der Waals surface area contributed by atoms with Crippen LogP contribution in [-0.2, 0) is 16.2 Å². The Morgan fingerprint density at radius 1 is 1.06 bits per heavy atom. The van der Waals surface area contributed by atoms with E-state index in [4.69, 9.17) is 34.8 Å². The predicted octanol–water partition coefficient (Wildman–Crippen LogP) is 4.81. The smallest absolute Gasteiger partial charge is 0.266 e. The molecular formula is C17H9Cl3F4N4O3S. The second-order valence-corrected chi connectivity index (χ2v) is 9.13. The van der Waals surface area contributed by atoms with E-state index in [1.54, 1.807) is 0 Å². The first kappa shape index (κ1) is 24.2. The van der Waals surface area contributed by atoms with Crippen LogP contribution >= 0.6 is 34.8 Å². The molecule has 1 amide bonds. The summed E-state index contributed by atoms with van der Waals surface area (Å²) in [5, 5.41) is 5.95. The van der Waals surface area contributed by atoms with Crippen LogP contribution in [0.4, 0.5) is 17.6 Å². The fourth-order valence-corrected chi connectivity index (χ4v) is 4.45. The summed E-state index contributed by atoms with van der Waals surface area (Å²) in [4.78, 5) is 11.8. The number of hydrogen-bond donors (Lipinski definition) is 1. The van der Waals surface area contributed by atoms with Crippen LogP contribution in [0.5, 0.6) is 0 Å². The number of sulfonamides is 1. The van der Waals surface area contributed by atoms with Gasteiger partial charge >= 0.3 is 6.18 Å². The lowest BCUT2D eigenvalue weighted by Crippen LogP contribution is -2.33. The second-order valence-electron chi connectivity index (χ2n) is 6.26. The van der Waals surface area contributed by atoms with E-state index >= 15 is 0 Å². The van der Waals surface area contributed by atoms with Crippen molar-refractivity contribution in [3.8, 4) is 5.69 Å². The van der Waals surface area contributed by atoms with E-state index in [0.717, 1.165) is 24.3 Å². The third-order valence-electron chi connectivity index (χ3n) is 4.04. The standard InChI is InChI=1S/C17H9Cl3F4N4O3S/c1-7-2-3-8(21)4-13(7)32(30,31)26-16(29)14-15(17(22,23)24)28(27-25-14)12-6-10(19)9(18)5-11(12)20/h2-6H,1H3,(H,26,29). The molecule has 0 aliphatic rings. The van der Waals surface area contributed by atoms with Gasteiger partial charge in [0, 0.05) is 0 Å². The highest BCUT2D eigenvalue weighted by molar-refractivity contribution is 7.90. The minimum atomic E-state index is -5.22. The summed E-state index contributed by atoms with van der Waals surface area (Å²) in [7, 11) is -4.75. The van der Waals surface area contributed by atoms with Crippen LogP contribution in [0.25, 0.3) is 5.69 Å². The number of benzene rings is 2. The van der Waals surface area contributed by atoms with Crippen molar-refractivity contribution in [2.24, 2.45) is 0 Å². The molecular weight excluding hydrogens is 523 g/mol.